The first-order valence-corrected chi connectivity index (χ1v) is 8.42. The van der Waals surface area contributed by atoms with Crippen LogP contribution in [0.4, 0.5) is 5.69 Å². The van der Waals surface area contributed by atoms with Crippen LogP contribution in [0.15, 0.2) is 23.1 Å². The number of rotatable bonds is 4. The molecule has 0 radical (unpaired) electrons. The Hall–Kier alpha value is -1.27. The molecule has 0 heterocycles. The topological polar surface area (TPSA) is 81.4 Å². The van der Waals surface area contributed by atoms with Gasteiger partial charge < -0.3 is 10.1 Å². The summed E-state index contributed by atoms with van der Waals surface area (Å²) in [5.74, 6) is 1.32. The zero-order valence-electron chi connectivity index (χ0n) is 11.9. The average molecular weight is 298 g/mol. The van der Waals surface area contributed by atoms with E-state index in [0.29, 0.717) is 23.4 Å². The number of ether oxygens (including phenoxy) is 1. The van der Waals surface area contributed by atoms with Crippen LogP contribution in [0.25, 0.3) is 0 Å². The van der Waals surface area contributed by atoms with E-state index in [1.807, 2.05) is 0 Å². The highest BCUT2D eigenvalue weighted by atomic mass is 32.2. The lowest BCUT2D eigenvalue weighted by molar-refractivity contribution is 0.356. The summed E-state index contributed by atoms with van der Waals surface area (Å²) in [7, 11) is -2.13. The summed E-state index contributed by atoms with van der Waals surface area (Å²) in [6, 6.07) is 4.99. The van der Waals surface area contributed by atoms with Crippen LogP contribution in [0.5, 0.6) is 5.75 Å². The number of nitrogens with two attached hydrogens (primary N) is 1. The quantitative estimate of drug-likeness (QED) is 0.894. The third kappa shape index (κ3) is 3.64. The molecule has 3 N–H and O–H groups in total. The van der Waals surface area contributed by atoms with Crippen molar-refractivity contribution >= 4 is 15.7 Å². The van der Waals surface area contributed by atoms with Crippen molar-refractivity contribution in [3.8, 4) is 5.75 Å². The van der Waals surface area contributed by atoms with Gasteiger partial charge in [0.2, 0.25) is 10.0 Å². The Labute approximate surface area is 120 Å². The minimum atomic E-state index is -3.70. The highest BCUT2D eigenvalue weighted by molar-refractivity contribution is 7.89. The van der Waals surface area contributed by atoms with Crippen molar-refractivity contribution in [3.05, 3.63) is 18.2 Å². The molecule has 0 aromatic heterocycles. The van der Waals surface area contributed by atoms with Gasteiger partial charge in [-0.25, -0.2) is 13.6 Å². The Morgan fingerprint density at radius 1 is 1.35 bits per heavy atom. The van der Waals surface area contributed by atoms with Crippen molar-refractivity contribution in [2.24, 2.45) is 11.1 Å². The van der Waals surface area contributed by atoms with Gasteiger partial charge in [0.1, 0.15) is 5.75 Å². The first-order valence-electron chi connectivity index (χ1n) is 6.87. The minimum Gasteiger partial charge on any atom is -0.495 e. The predicted molar refractivity (Wildman–Crippen MR) is 79.4 cm³/mol. The number of hydrogen-bond donors (Lipinski definition) is 2. The monoisotopic (exact) mass is 298 g/mol. The Balaban J connectivity index is 2.24. The molecule has 1 fully saturated rings. The maximum Gasteiger partial charge on any atom is 0.238 e. The van der Waals surface area contributed by atoms with Crippen LogP contribution in [-0.2, 0) is 10.0 Å². The Bertz CT molecular complexity index is 572. The van der Waals surface area contributed by atoms with Crippen molar-refractivity contribution in [3.63, 3.8) is 0 Å². The molecular weight excluding hydrogens is 276 g/mol. The van der Waals surface area contributed by atoms with E-state index < -0.39 is 10.0 Å². The zero-order valence-corrected chi connectivity index (χ0v) is 12.7. The Morgan fingerprint density at radius 2 is 2.10 bits per heavy atom. The van der Waals surface area contributed by atoms with Gasteiger partial charge in [-0.2, -0.15) is 0 Å². The van der Waals surface area contributed by atoms with Gasteiger partial charge in [-0.15, -0.1) is 0 Å². The van der Waals surface area contributed by atoms with Crippen molar-refractivity contribution < 1.29 is 13.2 Å². The molecule has 20 heavy (non-hydrogen) atoms. The largest absolute Gasteiger partial charge is 0.495 e. The number of primary sulfonamides is 1. The normalized spacial score (nSPS) is 23.4. The van der Waals surface area contributed by atoms with Crippen LogP contribution in [-0.4, -0.2) is 21.6 Å². The average Bonchev–Trinajstić information content (AvgIpc) is 2.37. The van der Waals surface area contributed by atoms with E-state index >= 15 is 0 Å². The molecule has 1 aromatic rings. The molecule has 0 aliphatic heterocycles. The van der Waals surface area contributed by atoms with E-state index in [2.05, 4.69) is 12.2 Å². The Morgan fingerprint density at radius 3 is 2.70 bits per heavy atom. The number of hydrogen-bond acceptors (Lipinski definition) is 4. The van der Waals surface area contributed by atoms with Gasteiger partial charge in [-0.3, -0.25) is 0 Å². The number of benzene rings is 1. The molecule has 0 saturated heterocycles. The van der Waals surface area contributed by atoms with Gasteiger partial charge in [0.25, 0.3) is 0 Å². The van der Waals surface area contributed by atoms with E-state index in [0.717, 1.165) is 12.8 Å². The summed E-state index contributed by atoms with van der Waals surface area (Å²) in [5.41, 5.74) is 0.693. The molecule has 2 atom stereocenters. The lowest BCUT2D eigenvalue weighted by atomic mass is 9.87. The Kier molecular flexibility index (Phi) is 4.55. The number of sulfonamides is 1. The minimum absolute atomic E-state index is 0.102. The van der Waals surface area contributed by atoms with E-state index in [1.54, 1.807) is 19.2 Å². The fraction of sp³-hybridized carbons (Fsp3) is 0.571. The second kappa shape index (κ2) is 6.01. The van der Waals surface area contributed by atoms with Crippen molar-refractivity contribution in [2.45, 2.75) is 43.5 Å². The lowest BCUT2D eigenvalue weighted by Gasteiger charge is -2.29. The van der Waals surface area contributed by atoms with Gasteiger partial charge in [0.05, 0.1) is 17.7 Å². The van der Waals surface area contributed by atoms with E-state index in [4.69, 9.17) is 9.88 Å². The number of nitrogens with one attached hydrogen (secondary N) is 1. The van der Waals surface area contributed by atoms with Gasteiger partial charge in [0, 0.05) is 6.04 Å². The first-order chi connectivity index (χ1) is 9.40. The van der Waals surface area contributed by atoms with Crippen LogP contribution in [0.1, 0.15) is 32.6 Å². The molecular formula is C14H22N2O3S. The smallest absolute Gasteiger partial charge is 0.238 e. The van der Waals surface area contributed by atoms with E-state index in [9.17, 15) is 8.42 Å². The van der Waals surface area contributed by atoms with Gasteiger partial charge >= 0.3 is 0 Å². The molecule has 0 amide bonds. The van der Waals surface area contributed by atoms with Crippen molar-refractivity contribution in [1.29, 1.82) is 0 Å². The SMILES string of the molecule is COc1ccc(S(N)(=O)=O)cc1NC1CCCC(C)C1. The third-order valence-corrected chi connectivity index (χ3v) is 4.71. The fourth-order valence-electron chi connectivity index (χ4n) is 2.76. The first kappa shape index (κ1) is 15.1. The molecule has 6 heteroatoms. The maximum atomic E-state index is 11.4. The lowest BCUT2D eigenvalue weighted by Crippen LogP contribution is -2.26. The summed E-state index contributed by atoms with van der Waals surface area (Å²) >= 11 is 0. The maximum absolute atomic E-state index is 11.4. The highest BCUT2D eigenvalue weighted by Gasteiger charge is 2.20. The van der Waals surface area contributed by atoms with Gasteiger partial charge in [0.15, 0.2) is 0 Å². The van der Waals surface area contributed by atoms with Crippen LogP contribution in [0.2, 0.25) is 0 Å². The van der Waals surface area contributed by atoms with Crippen LogP contribution in [0, 0.1) is 5.92 Å². The molecule has 2 rings (SSSR count). The predicted octanol–water partition coefficient (Wildman–Crippen LogP) is 2.33. The molecule has 1 aliphatic rings. The molecule has 112 valence electrons. The molecule has 0 spiro atoms. The molecule has 1 aromatic carbocycles. The second-order valence-corrected chi connectivity index (χ2v) is 7.08. The molecule has 1 aliphatic carbocycles. The van der Waals surface area contributed by atoms with E-state index in [-0.39, 0.29) is 4.90 Å². The van der Waals surface area contributed by atoms with Crippen LogP contribution in [0.3, 0.4) is 0 Å². The van der Waals surface area contributed by atoms with Crippen LogP contribution < -0.4 is 15.2 Å². The fourth-order valence-corrected chi connectivity index (χ4v) is 3.30. The van der Waals surface area contributed by atoms with Crippen LogP contribution >= 0.6 is 0 Å². The summed E-state index contributed by atoms with van der Waals surface area (Å²) in [4.78, 5) is 0.102. The van der Waals surface area contributed by atoms with Crippen molar-refractivity contribution in [2.75, 3.05) is 12.4 Å². The highest BCUT2D eigenvalue weighted by Crippen LogP contribution is 2.31. The summed E-state index contributed by atoms with van der Waals surface area (Å²) in [6.07, 6.45) is 4.62. The second-order valence-electron chi connectivity index (χ2n) is 5.52. The molecule has 5 nitrogen and oxygen atoms in total. The van der Waals surface area contributed by atoms with Crippen molar-refractivity contribution in [1.82, 2.24) is 0 Å². The van der Waals surface area contributed by atoms with Gasteiger partial charge in [-0.05, 0) is 37.0 Å². The molecule has 2 unspecified atom stereocenters. The summed E-state index contributed by atoms with van der Waals surface area (Å²) < 4.78 is 28.2. The van der Waals surface area contributed by atoms with E-state index in [1.165, 1.54) is 18.9 Å². The molecule has 0 bridgehead atoms. The van der Waals surface area contributed by atoms with Gasteiger partial charge in [-0.1, -0.05) is 19.8 Å². The third-order valence-electron chi connectivity index (χ3n) is 3.80. The number of anilines is 1. The molecule has 1 saturated carbocycles. The standard InChI is InChI=1S/C14H22N2O3S/c1-10-4-3-5-11(8-10)16-13-9-12(20(15,17)18)6-7-14(13)19-2/h6-7,9-11,16H,3-5,8H2,1-2H3,(H2,15,17,18). The summed E-state index contributed by atoms with van der Waals surface area (Å²) in [5, 5.41) is 8.57. The summed E-state index contributed by atoms with van der Waals surface area (Å²) in [6.45, 7) is 2.24. The zero-order chi connectivity index (χ0) is 14.8. The number of methoxy groups -OCH3 is 1.